The Labute approximate surface area is 319 Å². The number of hydrogen-bond donors (Lipinski definition) is 0. The first-order valence-electron chi connectivity index (χ1n) is 18.8. The highest BCUT2D eigenvalue weighted by molar-refractivity contribution is 6.37. The number of fused-ring (bicyclic) bond motifs is 10. The Hall–Kier alpha value is -6.21. The first-order chi connectivity index (χ1) is 26.6. The van der Waals surface area contributed by atoms with Gasteiger partial charge < -0.3 is 14.2 Å². The summed E-state index contributed by atoms with van der Waals surface area (Å²) < 4.78 is 32.9. The van der Waals surface area contributed by atoms with E-state index in [2.05, 4.69) is 63.3 Å². The zero-order chi connectivity index (χ0) is 38.2. The lowest BCUT2D eigenvalue weighted by Crippen LogP contribution is -2.35. The number of amides is 2. The minimum atomic E-state index is -0.996. The van der Waals surface area contributed by atoms with Gasteiger partial charge in [0, 0.05) is 33.1 Å². The first-order valence-corrected chi connectivity index (χ1v) is 18.8. The van der Waals surface area contributed by atoms with Crippen LogP contribution in [0.4, 0.5) is 10.1 Å². The van der Waals surface area contributed by atoms with Crippen LogP contribution in [-0.2, 0) is 11.0 Å². The van der Waals surface area contributed by atoms with Gasteiger partial charge in [-0.3, -0.25) is 9.59 Å². The number of rotatable bonds is 8. The van der Waals surface area contributed by atoms with Gasteiger partial charge in [0.15, 0.2) is 5.60 Å². The maximum absolute atomic E-state index is 14.5. The summed E-state index contributed by atoms with van der Waals surface area (Å²) in [4.78, 5) is 29.8. The Bertz CT molecular complexity index is 2590. The van der Waals surface area contributed by atoms with Crippen LogP contribution in [0.25, 0.3) is 28.0 Å². The Balaban J connectivity index is 1.26. The summed E-state index contributed by atoms with van der Waals surface area (Å²) >= 11 is 0. The molecule has 0 aromatic heterocycles. The SMILES string of the molecule is CCCCOc1ccc(C2(c3ccc(OC)cc3)C=Cc3c4c(c5ccccc5c3O2)-c2c(cc(C)c3c2C(=O)N(c2ccc(F)cc2)C3=O)C4(C)C)cc1. The number of halogens is 1. The van der Waals surface area contributed by atoms with Gasteiger partial charge in [-0.2, -0.15) is 0 Å². The lowest BCUT2D eigenvalue weighted by Gasteiger charge is -2.38. The molecule has 6 nitrogen and oxygen atoms in total. The minimum absolute atomic E-state index is 0.334. The number of ether oxygens (including phenoxy) is 3. The van der Waals surface area contributed by atoms with Gasteiger partial charge in [-0.1, -0.05) is 87.9 Å². The average Bonchev–Trinajstić information content (AvgIpc) is 3.60. The van der Waals surface area contributed by atoms with Crippen LogP contribution in [0.3, 0.4) is 0 Å². The van der Waals surface area contributed by atoms with Crippen molar-refractivity contribution in [2.45, 2.75) is 51.6 Å². The molecule has 6 aromatic rings. The summed E-state index contributed by atoms with van der Waals surface area (Å²) in [5.41, 5.74) is 6.74. The number of nitrogens with zero attached hydrogens (tertiary/aromatic N) is 1. The van der Waals surface area contributed by atoms with Gasteiger partial charge in [0.25, 0.3) is 11.8 Å². The van der Waals surface area contributed by atoms with E-state index < -0.39 is 28.6 Å². The number of imide groups is 1. The fourth-order valence-corrected chi connectivity index (χ4v) is 8.78. The van der Waals surface area contributed by atoms with Gasteiger partial charge in [0.1, 0.15) is 23.1 Å². The molecule has 55 heavy (non-hydrogen) atoms. The summed E-state index contributed by atoms with van der Waals surface area (Å²) in [6.07, 6.45) is 6.33. The molecule has 1 unspecified atom stereocenters. The van der Waals surface area contributed by atoms with E-state index in [0.717, 1.165) is 85.4 Å². The number of benzene rings is 6. The smallest absolute Gasteiger partial charge is 0.266 e. The highest BCUT2D eigenvalue weighted by Crippen LogP contribution is 2.60. The molecular formula is C48H40FNO5. The summed E-state index contributed by atoms with van der Waals surface area (Å²) in [5, 5.41) is 1.82. The van der Waals surface area contributed by atoms with Crippen LogP contribution < -0.4 is 19.1 Å². The second-order valence-corrected chi connectivity index (χ2v) is 15.1. The van der Waals surface area contributed by atoms with E-state index in [1.54, 1.807) is 7.11 Å². The van der Waals surface area contributed by atoms with Crippen LogP contribution in [0.1, 0.15) is 87.7 Å². The maximum atomic E-state index is 14.5. The molecule has 274 valence electrons. The van der Waals surface area contributed by atoms with E-state index in [1.807, 2.05) is 55.5 Å². The number of methoxy groups -OCH3 is 1. The van der Waals surface area contributed by atoms with Crippen LogP contribution >= 0.6 is 0 Å². The van der Waals surface area contributed by atoms with Gasteiger partial charge in [0.05, 0.1) is 30.5 Å². The quantitative estimate of drug-likeness (QED) is 0.115. The van der Waals surface area contributed by atoms with Crippen molar-refractivity contribution in [2.75, 3.05) is 18.6 Å². The molecule has 0 spiro atoms. The normalized spacial score (nSPS) is 17.5. The molecule has 0 fully saturated rings. The van der Waals surface area contributed by atoms with Crippen molar-refractivity contribution >= 4 is 34.4 Å². The van der Waals surface area contributed by atoms with E-state index >= 15 is 0 Å². The third-order valence-corrected chi connectivity index (χ3v) is 11.5. The molecule has 9 rings (SSSR count). The molecular weight excluding hydrogens is 690 g/mol. The fourth-order valence-electron chi connectivity index (χ4n) is 8.78. The maximum Gasteiger partial charge on any atom is 0.266 e. The molecule has 6 aromatic carbocycles. The van der Waals surface area contributed by atoms with Gasteiger partial charge in [-0.05, 0) is 95.6 Å². The number of anilines is 1. The van der Waals surface area contributed by atoms with Crippen molar-refractivity contribution in [1.82, 2.24) is 0 Å². The van der Waals surface area contributed by atoms with Gasteiger partial charge in [0.2, 0.25) is 0 Å². The zero-order valence-corrected chi connectivity index (χ0v) is 31.5. The van der Waals surface area contributed by atoms with Crippen LogP contribution in [0.15, 0.2) is 109 Å². The predicted molar refractivity (Wildman–Crippen MR) is 214 cm³/mol. The van der Waals surface area contributed by atoms with E-state index in [9.17, 15) is 14.0 Å². The number of unbranched alkanes of at least 4 members (excludes halogenated alkanes) is 1. The molecule has 3 aliphatic rings. The molecule has 7 heteroatoms. The van der Waals surface area contributed by atoms with Crippen molar-refractivity contribution < 1.29 is 28.2 Å². The lowest BCUT2D eigenvalue weighted by molar-refractivity contribution is 0.0926. The number of aryl methyl sites for hydroxylation is 1. The summed E-state index contributed by atoms with van der Waals surface area (Å²) in [6.45, 7) is 9.04. The molecule has 0 saturated carbocycles. The number of carbonyl (C=O) groups is 2. The molecule has 2 heterocycles. The number of hydrogen-bond acceptors (Lipinski definition) is 5. The zero-order valence-electron chi connectivity index (χ0n) is 31.5. The molecule has 2 aliphatic heterocycles. The van der Waals surface area contributed by atoms with Crippen molar-refractivity contribution in [1.29, 1.82) is 0 Å². The van der Waals surface area contributed by atoms with Crippen molar-refractivity contribution in [3.63, 3.8) is 0 Å². The first kappa shape index (κ1) is 34.6. The molecule has 0 radical (unpaired) electrons. The van der Waals surface area contributed by atoms with E-state index in [4.69, 9.17) is 14.2 Å². The Morgan fingerprint density at radius 1 is 0.764 bits per heavy atom. The monoisotopic (exact) mass is 729 g/mol. The molecule has 0 bridgehead atoms. The average molecular weight is 730 g/mol. The second kappa shape index (κ2) is 12.7. The minimum Gasteiger partial charge on any atom is -0.497 e. The fraction of sp³-hybridized carbons (Fsp3) is 0.208. The Morgan fingerprint density at radius 2 is 1.40 bits per heavy atom. The molecule has 1 aliphatic carbocycles. The summed E-state index contributed by atoms with van der Waals surface area (Å²) in [7, 11) is 1.66. The van der Waals surface area contributed by atoms with Crippen LogP contribution in [0.2, 0.25) is 0 Å². The van der Waals surface area contributed by atoms with Crippen molar-refractivity contribution in [2.24, 2.45) is 0 Å². The second-order valence-electron chi connectivity index (χ2n) is 15.1. The van der Waals surface area contributed by atoms with Crippen LogP contribution in [0, 0.1) is 12.7 Å². The third-order valence-electron chi connectivity index (χ3n) is 11.5. The van der Waals surface area contributed by atoms with E-state index in [-0.39, 0.29) is 0 Å². The van der Waals surface area contributed by atoms with E-state index in [1.165, 1.54) is 29.2 Å². The molecule has 0 saturated heterocycles. The standard InChI is InChI=1S/C48H40FNO5/c1-6-7-26-54-34-22-14-30(15-23-34)48(29-12-20-33(53-5)21-13-29)25-24-37-43-40(35-10-8-9-11-36(35)44(37)55-48)41-38(47(43,3)4)27-28(2)39-42(41)46(52)50(45(39)51)32-18-16-31(49)17-19-32/h8-25,27H,6-7,26H2,1-5H3. The molecule has 1 atom stereocenters. The summed E-state index contributed by atoms with van der Waals surface area (Å²) in [5.74, 6) is 1.03. The van der Waals surface area contributed by atoms with Gasteiger partial charge >= 0.3 is 0 Å². The largest absolute Gasteiger partial charge is 0.497 e. The predicted octanol–water partition coefficient (Wildman–Crippen LogP) is 10.9. The molecule has 2 amide bonds. The summed E-state index contributed by atoms with van der Waals surface area (Å²) in [6, 6.07) is 31.8. The van der Waals surface area contributed by atoms with Crippen molar-refractivity contribution in [3.8, 4) is 28.4 Å². The van der Waals surface area contributed by atoms with Gasteiger partial charge in [-0.25, -0.2) is 9.29 Å². The lowest BCUT2D eigenvalue weighted by atomic mass is 9.76. The third kappa shape index (κ3) is 5.06. The Morgan fingerprint density at radius 3 is 2.05 bits per heavy atom. The van der Waals surface area contributed by atoms with Crippen LogP contribution in [-0.4, -0.2) is 25.5 Å². The Kier molecular flexibility index (Phi) is 7.97. The topological polar surface area (TPSA) is 65.1 Å². The number of carbonyl (C=O) groups excluding carboxylic acids is 2. The highest BCUT2D eigenvalue weighted by Gasteiger charge is 2.49. The van der Waals surface area contributed by atoms with Crippen molar-refractivity contribution in [3.05, 3.63) is 160 Å². The van der Waals surface area contributed by atoms with Gasteiger partial charge in [-0.15, -0.1) is 0 Å². The highest BCUT2D eigenvalue weighted by atomic mass is 19.1. The van der Waals surface area contributed by atoms with Crippen LogP contribution in [0.5, 0.6) is 17.2 Å². The molecule has 0 N–H and O–H groups in total. The van der Waals surface area contributed by atoms with E-state index in [0.29, 0.717) is 23.4 Å².